The predicted molar refractivity (Wildman–Crippen MR) is 63.4 cm³/mol. The van der Waals surface area contributed by atoms with E-state index in [-0.39, 0.29) is 11.4 Å². The highest BCUT2D eigenvalue weighted by Gasteiger charge is 2.42. The fraction of sp³-hybridized carbons (Fsp3) is 0.818. The maximum atomic E-state index is 11.9. The zero-order chi connectivity index (χ0) is 12.4. The van der Waals surface area contributed by atoms with Gasteiger partial charge in [-0.05, 0) is 27.2 Å². The summed E-state index contributed by atoms with van der Waals surface area (Å²) in [4.78, 5) is 16.3. The number of nitrogens with zero attached hydrogens (tertiary/aromatic N) is 1. The predicted octanol–water partition coefficient (Wildman–Crippen LogP) is 0.655. The number of hydrogen-bond donors (Lipinski definition) is 2. The van der Waals surface area contributed by atoms with Gasteiger partial charge in [-0.25, -0.2) is 4.99 Å². The van der Waals surface area contributed by atoms with Crippen molar-refractivity contribution < 1.29 is 9.53 Å². The summed E-state index contributed by atoms with van der Waals surface area (Å²) in [5.74, 6) is 0.444. The quantitative estimate of drug-likeness (QED) is 0.744. The van der Waals surface area contributed by atoms with Crippen molar-refractivity contribution in [3.05, 3.63) is 0 Å². The molecular weight excluding hydrogens is 206 g/mol. The number of amides is 1. The average Bonchev–Trinajstić information content (AvgIpc) is 2.41. The summed E-state index contributed by atoms with van der Waals surface area (Å²) in [6, 6.07) is 0. The molecule has 0 saturated heterocycles. The summed E-state index contributed by atoms with van der Waals surface area (Å²) >= 11 is 0. The number of guanidine groups is 1. The van der Waals surface area contributed by atoms with Gasteiger partial charge >= 0.3 is 0 Å². The SMILES string of the molecule is CCC1(COC)N=C(NC(C)(C)C)NC1=O. The molecule has 0 aromatic rings. The van der Waals surface area contributed by atoms with Gasteiger partial charge in [0.15, 0.2) is 11.5 Å². The van der Waals surface area contributed by atoms with Gasteiger partial charge in [-0.15, -0.1) is 0 Å². The summed E-state index contributed by atoms with van der Waals surface area (Å²) < 4.78 is 5.07. The van der Waals surface area contributed by atoms with Crippen LogP contribution in [0.25, 0.3) is 0 Å². The lowest BCUT2D eigenvalue weighted by molar-refractivity contribution is -0.125. The molecule has 0 saturated carbocycles. The van der Waals surface area contributed by atoms with E-state index in [0.29, 0.717) is 19.0 Å². The van der Waals surface area contributed by atoms with Gasteiger partial charge in [0.25, 0.3) is 5.91 Å². The molecule has 16 heavy (non-hydrogen) atoms. The number of ether oxygens (including phenoxy) is 1. The molecule has 5 nitrogen and oxygen atoms in total. The zero-order valence-electron chi connectivity index (χ0n) is 10.7. The summed E-state index contributed by atoms with van der Waals surface area (Å²) in [5, 5.41) is 5.92. The molecule has 1 rings (SSSR count). The van der Waals surface area contributed by atoms with E-state index in [1.165, 1.54) is 0 Å². The van der Waals surface area contributed by atoms with E-state index < -0.39 is 5.54 Å². The lowest BCUT2D eigenvalue weighted by Gasteiger charge is -2.21. The Morgan fingerprint density at radius 1 is 1.50 bits per heavy atom. The highest BCUT2D eigenvalue weighted by molar-refractivity contribution is 6.07. The van der Waals surface area contributed by atoms with E-state index in [2.05, 4.69) is 15.6 Å². The van der Waals surface area contributed by atoms with Gasteiger partial charge in [0.2, 0.25) is 0 Å². The monoisotopic (exact) mass is 227 g/mol. The maximum absolute atomic E-state index is 11.9. The van der Waals surface area contributed by atoms with Crippen LogP contribution < -0.4 is 10.6 Å². The van der Waals surface area contributed by atoms with Gasteiger partial charge in [0, 0.05) is 12.6 Å². The molecule has 0 aromatic heterocycles. The van der Waals surface area contributed by atoms with Gasteiger partial charge in [0.05, 0.1) is 6.61 Å². The minimum atomic E-state index is -0.762. The van der Waals surface area contributed by atoms with Crippen LogP contribution in [0.4, 0.5) is 0 Å². The molecular formula is C11H21N3O2. The van der Waals surface area contributed by atoms with Gasteiger partial charge in [-0.3, -0.25) is 10.1 Å². The normalized spacial score (nSPS) is 25.3. The van der Waals surface area contributed by atoms with Gasteiger partial charge in [0.1, 0.15) is 0 Å². The van der Waals surface area contributed by atoms with Crippen molar-refractivity contribution in [2.45, 2.75) is 45.2 Å². The number of aliphatic imine (C=N–C) groups is 1. The molecule has 1 atom stereocenters. The van der Waals surface area contributed by atoms with E-state index in [1.54, 1.807) is 7.11 Å². The minimum absolute atomic E-state index is 0.0939. The van der Waals surface area contributed by atoms with E-state index in [4.69, 9.17) is 4.74 Å². The summed E-state index contributed by atoms with van der Waals surface area (Å²) in [5.41, 5.74) is -0.884. The molecule has 0 aliphatic carbocycles. The van der Waals surface area contributed by atoms with Crippen molar-refractivity contribution in [3.63, 3.8) is 0 Å². The standard InChI is InChI=1S/C11H21N3O2/c1-6-11(7-16-5)8(15)12-9(14-11)13-10(2,3)4/h6-7H2,1-5H3,(H2,12,13,14,15). The Balaban J connectivity index is 2.84. The number of carbonyl (C=O) groups is 1. The van der Waals surface area contributed by atoms with Crippen molar-refractivity contribution in [2.24, 2.45) is 4.99 Å². The van der Waals surface area contributed by atoms with Crippen LogP contribution in [0.15, 0.2) is 4.99 Å². The molecule has 1 unspecified atom stereocenters. The van der Waals surface area contributed by atoms with Crippen LogP contribution >= 0.6 is 0 Å². The third-order valence-electron chi connectivity index (χ3n) is 2.44. The van der Waals surface area contributed by atoms with Crippen molar-refractivity contribution in [3.8, 4) is 0 Å². The summed E-state index contributed by atoms with van der Waals surface area (Å²) in [6.45, 7) is 8.30. The van der Waals surface area contributed by atoms with Gasteiger partial charge in [-0.1, -0.05) is 6.92 Å². The minimum Gasteiger partial charge on any atom is -0.382 e. The Labute approximate surface area is 96.7 Å². The molecule has 0 bridgehead atoms. The Hall–Kier alpha value is -1.10. The first-order chi connectivity index (χ1) is 7.33. The maximum Gasteiger partial charge on any atom is 0.257 e. The van der Waals surface area contributed by atoms with E-state index in [9.17, 15) is 4.79 Å². The number of rotatable bonds is 3. The molecule has 0 fully saturated rings. The largest absolute Gasteiger partial charge is 0.382 e. The highest BCUT2D eigenvalue weighted by Crippen LogP contribution is 2.21. The van der Waals surface area contributed by atoms with Crippen molar-refractivity contribution in [1.82, 2.24) is 10.6 Å². The van der Waals surface area contributed by atoms with Crippen LogP contribution in [0, 0.1) is 0 Å². The van der Waals surface area contributed by atoms with Crippen molar-refractivity contribution in [1.29, 1.82) is 0 Å². The summed E-state index contributed by atoms with van der Waals surface area (Å²) in [7, 11) is 1.58. The third-order valence-corrected chi connectivity index (χ3v) is 2.44. The summed E-state index contributed by atoms with van der Waals surface area (Å²) in [6.07, 6.45) is 0.627. The molecule has 92 valence electrons. The average molecular weight is 227 g/mol. The molecule has 1 aliphatic rings. The Bertz CT molecular complexity index is 307. The second-order valence-electron chi connectivity index (χ2n) is 5.11. The van der Waals surface area contributed by atoms with Crippen LogP contribution in [0.5, 0.6) is 0 Å². The van der Waals surface area contributed by atoms with Crippen molar-refractivity contribution >= 4 is 11.9 Å². The molecule has 1 aliphatic heterocycles. The van der Waals surface area contributed by atoms with Gasteiger partial charge in [-0.2, -0.15) is 0 Å². The number of nitrogens with one attached hydrogen (secondary N) is 2. The lowest BCUT2D eigenvalue weighted by atomic mass is 9.98. The molecule has 2 N–H and O–H groups in total. The van der Waals surface area contributed by atoms with E-state index >= 15 is 0 Å². The van der Waals surface area contributed by atoms with Crippen LogP contribution in [0.2, 0.25) is 0 Å². The van der Waals surface area contributed by atoms with Gasteiger partial charge < -0.3 is 10.1 Å². The zero-order valence-corrected chi connectivity index (χ0v) is 10.7. The fourth-order valence-corrected chi connectivity index (χ4v) is 1.61. The second-order valence-corrected chi connectivity index (χ2v) is 5.11. The Kier molecular flexibility index (Phi) is 3.57. The van der Waals surface area contributed by atoms with E-state index in [0.717, 1.165) is 0 Å². The topological polar surface area (TPSA) is 62.7 Å². The van der Waals surface area contributed by atoms with Crippen LogP contribution in [0.3, 0.4) is 0 Å². The fourth-order valence-electron chi connectivity index (χ4n) is 1.61. The van der Waals surface area contributed by atoms with Crippen LogP contribution in [0.1, 0.15) is 34.1 Å². The number of hydrogen-bond acceptors (Lipinski definition) is 4. The smallest absolute Gasteiger partial charge is 0.257 e. The van der Waals surface area contributed by atoms with Crippen LogP contribution in [-0.4, -0.2) is 36.7 Å². The molecule has 5 heteroatoms. The lowest BCUT2D eigenvalue weighted by Crippen LogP contribution is -2.48. The Morgan fingerprint density at radius 3 is 2.56 bits per heavy atom. The molecule has 0 aromatic carbocycles. The van der Waals surface area contributed by atoms with E-state index in [1.807, 2.05) is 27.7 Å². The van der Waals surface area contributed by atoms with Crippen LogP contribution in [-0.2, 0) is 9.53 Å². The first-order valence-corrected chi connectivity index (χ1v) is 5.51. The number of methoxy groups -OCH3 is 1. The molecule has 0 spiro atoms. The third kappa shape index (κ3) is 2.72. The molecule has 1 amide bonds. The molecule has 0 radical (unpaired) electrons. The first-order valence-electron chi connectivity index (χ1n) is 5.51. The second kappa shape index (κ2) is 4.41. The molecule has 1 heterocycles. The number of carbonyl (C=O) groups excluding carboxylic acids is 1. The Morgan fingerprint density at radius 2 is 2.12 bits per heavy atom. The highest BCUT2D eigenvalue weighted by atomic mass is 16.5. The first kappa shape index (κ1) is 13.0. The van der Waals surface area contributed by atoms with Crippen molar-refractivity contribution in [2.75, 3.05) is 13.7 Å².